The Hall–Kier alpha value is -7.46. The summed E-state index contributed by atoms with van der Waals surface area (Å²) in [5.41, 5.74) is 9.62. The second-order valence-electron chi connectivity index (χ2n) is 18.5. The van der Waals surface area contributed by atoms with Crippen LogP contribution in [0, 0.1) is 0 Å². The molecule has 20 heteroatoms. The van der Waals surface area contributed by atoms with E-state index in [0.717, 1.165) is 6.42 Å². The van der Waals surface area contributed by atoms with E-state index < -0.39 is 12.2 Å². The number of carbonyl (C=O) groups is 4. The zero-order valence-corrected chi connectivity index (χ0v) is 45.1. The quantitative estimate of drug-likeness (QED) is 0.0246. The van der Waals surface area contributed by atoms with Crippen molar-refractivity contribution in [2.45, 2.75) is 37.5 Å². The molecule has 0 radical (unpaired) electrons. The molecule has 6 aromatic rings. The third kappa shape index (κ3) is 19.4. The van der Waals surface area contributed by atoms with Crippen molar-refractivity contribution in [3.05, 3.63) is 157 Å². The number of hydrogen-bond acceptors (Lipinski definition) is 13. The number of alkyl carbamates (subject to hydrolysis) is 2. The molecule has 2 aliphatic carbocycles. The standard InChI is InChI=1S/C30H38N4O6.C29H36N4O6/c1-33-14-15-34(23-33)29(35)31-12-6-16-37-18-20-39-21-19-38-17-7-13-32-30(36)40-22-28-26-10-4-2-8-24(26)25-9-3-5-11-27(25)28;34-28(33-14-13-30-22-33)31-11-5-15-36-17-19-38-20-18-37-16-6-12-32-29(35)39-21-27-25-9-3-1-7-23(25)24-8-2-4-10-26(24)27/h2-5,8-11,14-15,23,28H,6-7,12-13,16-22H2,1H3,(H-,31,32,35,36);1-4,7-10,13-14,22,27H,5-6,11-12,15-21H2,(H,31,34)(H,32,35)/p+1. The van der Waals surface area contributed by atoms with E-state index in [2.05, 4.69) is 74.8 Å². The number of aromatic nitrogens is 4. The largest absolute Gasteiger partial charge is 0.449 e. The molecule has 4 N–H and O–H groups in total. The Balaban J connectivity index is 0.000000229. The summed E-state index contributed by atoms with van der Waals surface area (Å²) in [5.74, 6) is 0.108. The SMILES string of the molecule is C[n+]1ccn(C(=O)NCCCOCCOCCOCCCNC(=O)OCC2c3ccccc3-c3ccccc32)c1.O=C(NCCCOCCOCCOCCCNC(=O)n1ccnc1)OCC1c2ccccc2-c2ccccc21. The van der Waals surface area contributed by atoms with Gasteiger partial charge in [0.05, 0.1) is 59.9 Å². The minimum Gasteiger partial charge on any atom is -0.449 e. The Bertz CT molecular complexity index is 2680. The van der Waals surface area contributed by atoms with Crippen LogP contribution in [0.5, 0.6) is 0 Å². The van der Waals surface area contributed by atoms with Crippen LogP contribution in [0.25, 0.3) is 22.3 Å². The molecule has 0 saturated heterocycles. The zero-order valence-electron chi connectivity index (χ0n) is 45.1. The number of benzene rings is 4. The van der Waals surface area contributed by atoms with Crippen molar-refractivity contribution in [2.24, 2.45) is 7.05 Å². The number of nitrogens with zero attached hydrogens (tertiary/aromatic N) is 4. The van der Waals surface area contributed by atoms with E-state index in [0.29, 0.717) is 138 Å². The molecule has 0 bridgehead atoms. The van der Waals surface area contributed by atoms with Crippen LogP contribution < -0.4 is 25.8 Å². The van der Waals surface area contributed by atoms with Crippen LogP contribution in [0.1, 0.15) is 59.8 Å². The molecule has 0 atom stereocenters. The van der Waals surface area contributed by atoms with E-state index in [4.69, 9.17) is 37.9 Å². The molecule has 422 valence electrons. The first-order chi connectivity index (χ1) is 38.9. The fourth-order valence-electron chi connectivity index (χ4n) is 8.98. The number of fused-ring (bicyclic) bond motifs is 6. The van der Waals surface area contributed by atoms with Gasteiger partial charge in [-0.3, -0.25) is 4.57 Å². The fourth-order valence-corrected chi connectivity index (χ4v) is 8.98. The van der Waals surface area contributed by atoms with Crippen molar-refractivity contribution >= 4 is 24.2 Å². The number of aryl methyl sites for hydroxylation is 1. The number of hydrogen-bond donors (Lipinski definition) is 4. The predicted molar refractivity (Wildman–Crippen MR) is 295 cm³/mol. The van der Waals surface area contributed by atoms with Crippen LogP contribution in [-0.2, 0) is 44.9 Å². The van der Waals surface area contributed by atoms with Gasteiger partial charge in [-0.2, -0.15) is 4.57 Å². The molecule has 0 fully saturated rings. The smallest absolute Gasteiger partial charge is 0.413 e. The minimum atomic E-state index is -0.416. The molecule has 4 aromatic carbocycles. The zero-order chi connectivity index (χ0) is 55.1. The van der Waals surface area contributed by atoms with E-state index >= 15 is 0 Å². The first kappa shape index (κ1) is 59.2. The van der Waals surface area contributed by atoms with Crippen LogP contribution in [0.4, 0.5) is 19.2 Å². The van der Waals surface area contributed by atoms with Gasteiger partial charge in [0.2, 0.25) is 0 Å². The molecule has 0 unspecified atom stereocenters. The molecular weight excluding hydrogens is 1010 g/mol. The Morgan fingerprint density at radius 3 is 1.14 bits per heavy atom. The van der Waals surface area contributed by atoms with Gasteiger partial charge in [-0.25, -0.2) is 28.7 Å². The number of nitrogens with one attached hydrogen (secondary N) is 4. The summed E-state index contributed by atoms with van der Waals surface area (Å²) in [5, 5.41) is 11.2. The van der Waals surface area contributed by atoms with Crippen molar-refractivity contribution < 1.29 is 61.6 Å². The monoisotopic (exact) mass is 1090 g/mol. The highest BCUT2D eigenvalue weighted by molar-refractivity contribution is 5.80. The minimum absolute atomic E-state index is 0.0536. The Kier molecular flexibility index (Phi) is 25.3. The lowest BCUT2D eigenvalue weighted by atomic mass is 9.98. The molecule has 2 aromatic heterocycles. The first-order valence-corrected chi connectivity index (χ1v) is 27.1. The molecule has 4 amide bonds. The van der Waals surface area contributed by atoms with Crippen molar-refractivity contribution in [3.63, 3.8) is 0 Å². The van der Waals surface area contributed by atoms with E-state index in [1.165, 1.54) is 60.0 Å². The van der Waals surface area contributed by atoms with Gasteiger partial charge in [-0.15, -0.1) is 0 Å². The molecule has 79 heavy (non-hydrogen) atoms. The molecule has 2 aliphatic rings. The van der Waals surface area contributed by atoms with Crippen LogP contribution in [0.2, 0.25) is 0 Å². The van der Waals surface area contributed by atoms with E-state index in [1.807, 2.05) is 55.6 Å². The van der Waals surface area contributed by atoms with Crippen LogP contribution in [0.3, 0.4) is 0 Å². The number of ether oxygens (including phenoxy) is 8. The topological polar surface area (TPSA) is 217 Å². The van der Waals surface area contributed by atoms with E-state index in [9.17, 15) is 19.2 Å². The number of amides is 4. The maximum absolute atomic E-state index is 12.2. The average molecular weight is 1090 g/mol. The lowest BCUT2D eigenvalue weighted by Gasteiger charge is -2.14. The van der Waals surface area contributed by atoms with Gasteiger partial charge in [0, 0.05) is 76.8 Å². The van der Waals surface area contributed by atoms with Gasteiger partial charge in [-0.05, 0) is 70.2 Å². The van der Waals surface area contributed by atoms with Crippen molar-refractivity contribution in [1.82, 2.24) is 35.4 Å². The second kappa shape index (κ2) is 33.7. The first-order valence-electron chi connectivity index (χ1n) is 27.1. The lowest BCUT2D eigenvalue weighted by molar-refractivity contribution is -0.670. The van der Waals surface area contributed by atoms with Gasteiger partial charge >= 0.3 is 24.2 Å². The molecule has 0 saturated carbocycles. The summed E-state index contributed by atoms with van der Waals surface area (Å²) in [4.78, 5) is 51.8. The maximum atomic E-state index is 12.2. The molecule has 0 aliphatic heterocycles. The number of carbonyl (C=O) groups excluding carboxylic acids is 4. The molecule has 2 heterocycles. The van der Waals surface area contributed by atoms with Gasteiger partial charge in [0.1, 0.15) is 31.9 Å². The summed E-state index contributed by atoms with van der Waals surface area (Å²) in [7, 11) is 1.86. The second-order valence-corrected chi connectivity index (χ2v) is 18.5. The molecule has 0 spiro atoms. The highest BCUT2D eigenvalue weighted by atomic mass is 16.6. The predicted octanol–water partition coefficient (Wildman–Crippen LogP) is 7.05. The van der Waals surface area contributed by atoms with Gasteiger partial charge in [0.25, 0.3) is 6.33 Å². The van der Waals surface area contributed by atoms with Crippen LogP contribution >= 0.6 is 0 Å². The summed E-state index contributed by atoms with van der Waals surface area (Å²) in [6.45, 7) is 8.65. The van der Waals surface area contributed by atoms with Gasteiger partial charge in [0.15, 0.2) is 0 Å². The van der Waals surface area contributed by atoms with Crippen molar-refractivity contribution in [3.8, 4) is 22.3 Å². The van der Waals surface area contributed by atoms with Gasteiger partial charge < -0.3 is 59.2 Å². The highest BCUT2D eigenvalue weighted by Gasteiger charge is 2.30. The van der Waals surface area contributed by atoms with Crippen molar-refractivity contribution in [1.29, 1.82) is 0 Å². The summed E-state index contributed by atoms with van der Waals surface area (Å²) in [6.07, 6.45) is 11.8. The van der Waals surface area contributed by atoms with Gasteiger partial charge in [-0.1, -0.05) is 97.1 Å². The third-order valence-electron chi connectivity index (χ3n) is 12.9. The Morgan fingerprint density at radius 2 is 0.797 bits per heavy atom. The molecular formula is C59H75N8O12+. The van der Waals surface area contributed by atoms with Crippen LogP contribution in [-0.4, -0.2) is 157 Å². The number of imidazole rings is 2. The number of rotatable bonds is 32. The summed E-state index contributed by atoms with van der Waals surface area (Å²) < 4.78 is 48.8. The van der Waals surface area contributed by atoms with Crippen molar-refractivity contribution in [2.75, 3.05) is 119 Å². The molecule has 8 rings (SSSR count). The van der Waals surface area contributed by atoms with E-state index in [-0.39, 0.29) is 23.9 Å². The normalized spacial score (nSPS) is 12.1. The molecule has 20 nitrogen and oxygen atoms in total. The lowest BCUT2D eigenvalue weighted by Crippen LogP contribution is -2.31. The highest BCUT2D eigenvalue weighted by Crippen LogP contribution is 2.45. The Morgan fingerprint density at radius 1 is 0.456 bits per heavy atom. The van der Waals surface area contributed by atoms with E-state index in [1.54, 1.807) is 35.7 Å². The summed E-state index contributed by atoms with van der Waals surface area (Å²) in [6, 6.07) is 32.7. The van der Waals surface area contributed by atoms with Crippen LogP contribution in [0.15, 0.2) is 135 Å². The summed E-state index contributed by atoms with van der Waals surface area (Å²) >= 11 is 0. The Labute approximate surface area is 462 Å². The third-order valence-corrected chi connectivity index (χ3v) is 12.9. The maximum Gasteiger partial charge on any atom is 0.413 e. The fraction of sp³-hybridized carbons (Fsp3) is 0.424. The average Bonchev–Trinajstić information content (AvgIpc) is 4.30.